The summed E-state index contributed by atoms with van der Waals surface area (Å²) in [6, 6.07) is 10.3. The van der Waals surface area contributed by atoms with Crippen molar-refractivity contribution in [2.24, 2.45) is 0 Å². The van der Waals surface area contributed by atoms with Gasteiger partial charge in [0.05, 0.1) is 0 Å². The summed E-state index contributed by atoms with van der Waals surface area (Å²) in [5.41, 5.74) is 0. The third kappa shape index (κ3) is 4.23. The monoisotopic (exact) mass is 276 g/mol. The number of ether oxygens (including phenoxy) is 1. The fourth-order valence-corrected chi connectivity index (χ4v) is 2.53. The average Bonchev–Trinajstić information content (AvgIpc) is 2.72. The van der Waals surface area contributed by atoms with Crippen LogP contribution in [-0.2, 0) is 4.79 Å². The molecule has 1 fully saturated rings. The molecular weight excluding hydrogens is 252 g/mol. The van der Waals surface area contributed by atoms with Crippen LogP contribution in [0.1, 0.15) is 20.3 Å². The maximum atomic E-state index is 11.4. The van der Waals surface area contributed by atoms with E-state index in [2.05, 4.69) is 11.8 Å². The molecule has 0 bridgehead atoms. The highest BCUT2D eigenvalue weighted by atomic mass is 16.5. The number of para-hydroxylation sites is 1. The van der Waals surface area contributed by atoms with Crippen LogP contribution in [0.2, 0.25) is 0 Å². The largest absolute Gasteiger partial charge is 0.492 e. The lowest BCUT2D eigenvalue weighted by Gasteiger charge is -2.27. The van der Waals surface area contributed by atoms with Gasteiger partial charge in [-0.1, -0.05) is 18.2 Å². The van der Waals surface area contributed by atoms with E-state index in [1.807, 2.05) is 35.2 Å². The molecule has 110 valence electrons. The van der Waals surface area contributed by atoms with Gasteiger partial charge in [0.15, 0.2) is 0 Å². The SMILES string of the molecule is CC(=O)N1CCCN(C(C)COc2ccccc2)CC1. The molecule has 1 aliphatic heterocycles. The second kappa shape index (κ2) is 7.29. The number of nitrogens with zero attached hydrogens (tertiary/aromatic N) is 2. The van der Waals surface area contributed by atoms with E-state index < -0.39 is 0 Å². The van der Waals surface area contributed by atoms with Gasteiger partial charge >= 0.3 is 0 Å². The maximum Gasteiger partial charge on any atom is 0.219 e. The van der Waals surface area contributed by atoms with Crippen LogP contribution < -0.4 is 4.74 Å². The minimum Gasteiger partial charge on any atom is -0.492 e. The average molecular weight is 276 g/mol. The Morgan fingerprint density at radius 3 is 2.65 bits per heavy atom. The number of carbonyl (C=O) groups excluding carboxylic acids is 1. The highest BCUT2D eigenvalue weighted by Gasteiger charge is 2.20. The number of benzene rings is 1. The van der Waals surface area contributed by atoms with E-state index in [-0.39, 0.29) is 5.91 Å². The molecule has 4 heteroatoms. The molecule has 0 N–H and O–H groups in total. The minimum absolute atomic E-state index is 0.181. The summed E-state index contributed by atoms with van der Waals surface area (Å²) >= 11 is 0. The zero-order chi connectivity index (χ0) is 14.4. The van der Waals surface area contributed by atoms with Gasteiger partial charge < -0.3 is 9.64 Å². The predicted octanol–water partition coefficient (Wildman–Crippen LogP) is 2.01. The summed E-state index contributed by atoms with van der Waals surface area (Å²) in [6.07, 6.45) is 1.04. The lowest BCUT2D eigenvalue weighted by atomic mass is 10.2. The van der Waals surface area contributed by atoms with E-state index in [9.17, 15) is 4.79 Å². The zero-order valence-corrected chi connectivity index (χ0v) is 12.4. The third-order valence-electron chi connectivity index (χ3n) is 3.83. The number of rotatable bonds is 4. The van der Waals surface area contributed by atoms with Gasteiger partial charge in [-0.2, -0.15) is 0 Å². The highest BCUT2D eigenvalue weighted by Crippen LogP contribution is 2.12. The van der Waals surface area contributed by atoms with E-state index in [1.165, 1.54) is 0 Å². The first-order valence-electron chi connectivity index (χ1n) is 7.34. The molecule has 2 rings (SSSR count). The fourth-order valence-electron chi connectivity index (χ4n) is 2.53. The normalized spacial score (nSPS) is 18.4. The highest BCUT2D eigenvalue weighted by molar-refractivity contribution is 5.73. The molecule has 1 unspecified atom stereocenters. The van der Waals surface area contributed by atoms with Crippen molar-refractivity contribution >= 4 is 5.91 Å². The molecule has 1 aromatic carbocycles. The Balaban J connectivity index is 1.80. The van der Waals surface area contributed by atoms with Crippen molar-refractivity contribution in [3.8, 4) is 5.75 Å². The van der Waals surface area contributed by atoms with Crippen molar-refractivity contribution in [1.29, 1.82) is 0 Å². The molecule has 0 spiro atoms. The van der Waals surface area contributed by atoms with Crippen LogP contribution in [0.5, 0.6) is 5.75 Å². The van der Waals surface area contributed by atoms with Crippen molar-refractivity contribution in [1.82, 2.24) is 9.80 Å². The topological polar surface area (TPSA) is 32.8 Å². The molecule has 1 saturated heterocycles. The fraction of sp³-hybridized carbons (Fsp3) is 0.562. The van der Waals surface area contributed by atoms with Gasteiger partial charge in [0.25, 0.3) is 0 Å². The van der Waals surface area contributed by atoms with Gasteiger partial charge in [-0.3, -0.25) is 9.69 Å². The minimum atomic E-state index is 0.181. The predicted molar refractivity (Wildman–Crippen MR) is 79.8 cm³/mol. The standard InChI is InChI=1S/C16H24N2O2/c1-14(13-20-16-7-4-3-5-8-16)17-9-6-10-18(12-11-17)15(2)19/h3-5,7-8,14H,6,9-13H2,1-2H3. The summed E-state index contributed by atoms with van der Waals surface area (Å²) in [4.78, 5) is 15.8. The Bertz CT molecular complexity index is 422. The number of carbonyl (C=O) groups is 1. The van der Waals surface area contributed by atoms with Crippen LogP contribution in [0, 0.1) is 0 Å². The van der Waals surface area contributed by atoms with Crippen LogP contribution in [0.15, 0.2) is 30.3 Å². The lowest BCUT2D eigenvalue weighted by molar-refractivity contribution is -0.128. The van der Waals surface area contributed by atoms with Gasteiger partial charge in [-0.25, -0.2) is 0 Å². The maximum absolute atomic E-state index is 11.4. The van der Waals surface area contributed by atoms with E-state index in [0.717, 1.165) is 38.3 Å². The molecule has 1 amide bonds. The Kier molecular flexibility index (Phi) is 5.41. The van der Waals surface area contributed by atoms with Crippen LogP contribution in [0.25, 0.3) is 0 Å². The molecule has 4 nitrogen and oxygen atoms in total. The first kappa shape index (κ1) is 14.9. The smallest absolute Gasteiger partial charge is 0.219 e. The Morgan fingerprint density at radius 2 is 1.95 bits per heavy atom. The van der Waals surface area contributed by atoms with Crippen molar-refractivity contribution in [2.45, 2.75) is 26.3 Å². The summed E-state index contributed by atoms with van der Waals surface area (Å²) < 4.78 is 5.81. The summed E-state index contributed by atoms with van der Waals surface area (Å²) in [7, 11) is 0. The Morgan fingerprint density at radius 1 is 1.20 bits per heavy atom. The van der Waals surface area contributed by atoms with Gasteiger partial charge in [0.1, 0.15) is 12.4 Å². The third-order valence-corrected chi connectivity index (χ3v) is 3.83. The van der Waals surface area contributed by atoms with Crippen molar-refractivity contribution in [3.63, 3.8) is 0 Å². The van der Waals surface area contributed by atoms with Crippen molar-refractivity contribution in [2.75, 3.05) is 32.8 Å². The van der Waals surface area contributed by atoms with E-state index in [1.54, 1.807) is 6.92 Å². The second-order valence-corrected chi connectivity index (χ2v) is 5.37. The Hall–Kier alpha value is -1.55. The summed E-state index contributed by atoms with van der Waals surface area (Å²) in [5.74, 6) is 1.10. The van der Waals surface area contributed by atoms with Crippen LogP contribution in [0.4, 0.5) is 0 Å². The van der Waals surface area contributed by atoms with Gasteiger partial charge in [0.2, 0.25) is 5.91 Å². The van der Waals surface area contributed by atoms with E-state index in [0.29, 0.717) is 12.6 Å². The number of hydrogen-bond acceptors (Lipinski definition) is 3. The molecule has 0 aromatic heterocycles. The van der Waals surface area contributed by atoms with Gasteiger partial charge in [-0.05, 0) is 25.5 Å². The molecule has 0 radical (unpaired) electrons. The quantitative estimate of drug-likeness (QED) is 0.843. The van der Waals surface area contributed by atoms with Crippen molar-refractivity contribution < 1.29 is 9.53 Å². The van der Waals surface area contributed by atoms with Crippen molar-refractivity contribution in [3.05, 3.63) is 30.3 Å². The Labute approximate surface area is 121 Å². The summed E-state index contributed by atoms with van der Waals surface area (Å²) in [5, 5.41) is 0. The lowest BCUT2D eigenvalue weighted by Crippen LogP contribution is -2.40. The molecule has 20 heavy (non-hydrogen) atoms. The van der Waals surface area contributed by atoms with Crippen LogP contribution in [0.3, 0.4) is 0 Å². The molecule has 1 aliphatic rings. The van der Waals surface area contributed by atoms with Crippen LogP contribution in [-0.4, -0.2) is 54.5 Å². The summed E-state index contributed by atoms with van der Waals surface area (Å²) in [6.45, 7) is 8.18. The van der Waals surface area contributed by atoms with E-state index >= 15 is 0 Å². The number of amides is 1. The van der Waals surface area contributed by atoms with E-state index in [4.69, 9.17) is 4.74 Å². The number of hydrogen-bond donors (Lipinski definition) is 0. The molecule has 1 atom stereocenters. The first-order chi connectivity index (χ1) is 9.66. The second-order valence-electron chi connectivity index (χ2n) is 5.37. The molecular formula is C16H24N2O2. The first-order valence-corrected chi connectivity index (χ1v) is 7.34. The molecule has 0 saturated carbocycles. The molecule has 1 heterocycles. The molecule has 0 aliphatic carbocycles. The van der Waals surface area contributed by atoms with Gasteiger partial charge in [-0.15, -0.1) is 0 Å². The van der Waals surface area contributed by atoms with Crippen LogP contribution >= 0.6 is 0 Å². The van der Waals surface area contributed by atoms with Gasteiger partial charge in [0, 0.05) is 39.1 Å². The zero-order valence-electron chi connectivity index (χ0n) is 12.4. The molecule has 1 aromatic rings.